The van der Waals surface area contributed by atoms with Crippen LogP contribution in [0.2, 0.25) is 10.0 Å². The summed E-state index contributed by atoms with van der Waals surface area (Å²) in [5.41, 5.74) is 0.748. The number of hydrogen-bond acceptors (Lipinski definition) is 3. The third-order valence-corrected chi connectivity index (χ3v) is 5.55. The van der Waals surface area contributed by atoms with Gasteiger partial charge in [-0.05, 0) is 42.7 Å². The molecule has 2 amide bonds. The van der Waals surface area contributed by atoms with E-state index in [-0.39, 0.29) is 25.0 Å². The molecule has 0 aliphatic carbocycles. The van der Waals surface area contributed by atoms with Crippen LogP contribution in [0.25, 0.3) is 0 Å². The third kappa shape index (κ3) is 7.18. The highest BCUT2D eigenvalue weighted by atomic mass is 79.9. The Labute approximate surface area is 195 Å². The lowest BCUT2D eigenvalue weighted by atomic mass is 10.1. The van der Waals surface area contributed by atoms with Crippen molar-refractivity contribution in [2.45, 2.75) is 33.4 Å². The quantitative estimate of drug-likeness (QED) is 0.491. The first-order valence-electron chi connectivity index (χ1n) is 9.57. The van der Waals surface area contributed by atoms with Crippen LogP contribution in [0, 0.1) is 5.92 Å². The molecule has 0 fully saturated rings. The minimum Gasteiger partial charge on any atom is -0.482 e. The predicted molar refractivity (Wildman–Crippen MR) is 124 cm³/mol. The van der Waals surface area contributed by atoms with Gasteiger partial charge in [0.2, 0.25) is 5.91 Å². The molecule has 1 N–H and O–H groups in total. The first-order chi connectivity index (χ1) is 14.2. The van der Waals surface area contributed by atoms with E-state index in [0.29, 0.717) is 28.3 Å². The van der Waals surface area contributed by atoms with E-state index in [2.05, 4.69) is 21.2 Å². The summed E-state index contributed by atoms with van der Waals surface area (Å²) < 4.78 is 6.43. The lowest BCUT2D eigenvalue weighted by molar-refractivity contribution is -0.142. The van der Waals surface area contributed by atoms with E-state index < -0.39 is 6.04 Å². The molecule has 0 heterocycles. The van der Waals surface area contributed by atoms with E-state index >= 15 is 0 Å². The fraction of sp³-hybridized carbons (Fsp3) is 0.364. The van der Waals surface area contributed by atoms with Crippen molar-refractivity contribution in [2.75, 3.05) is 13.2 Å². The highest BCUT2D eigenvalue weighted by molar-refractivity contribution is 9.10. The maximum Gasteiger partial charge on any atom is 0.261 e. The second-order valence-corrected chi connectivity index (χ2v) is 9.02. The molecule has 162 valence electrons. The van der Waals surface area contributed by atoms with Crippen LogP contribution in [-0.4, -0.2) is 35.9 Å². The van der Waals surface area contributed by atoms with Crippen LogP contribution >= 0.6 is 39.1 Å². The smallest absolute Gasteiger partial charge is 0.261 e. The molecule has 0 saturated carbocycles. The summed E-state index contributed by atoms with van der Waals surface area (Å²) in [5.74, 6) is 0.117. The molecular formula is C22H25BrCl2N2O3. The lowest BCUT2D eigenvalue weighted by Crippen LogP contribution is -2.49. The predicted octanol–water partition coefficient (Wildman–Crippen LogP) is 5.32. The van der Waals surface area contributed by atoms with E-state index in [0.717, 1.165) is 10.0 Å². The number of carbonyl (C=O) groups is 2. The number of benzene rings is 2. The normalized spacial score (nSPS) is 11.8. The monoisotopic (exact) mass is 514 g/mol. The Morgan fingerprint density at radius 3 is 2.43 bits per heavy atom. The Kier molecular flexibility index (Phi) is 9.46. The lowest BCUT2D eigenvalue weighted by Gasteiger charge is -2.29. The maximum atomic E-state index is 13.0. The zero-order chi connectivity index (χ0) is 22.3. The number of ether oxygens (including phenoxy) is 1. The van der Waals surface area contributed by atoms with Crippen molar-refractivity contribution in [2.24, 2.45) is 5.92 Å². The summed E-state index contributed by atoms with van der Waals surface area (Å²) in [7, 11) is 0. The Balaban J connectivity index is 2.17. The fourth-order valence-electron chi connectivity index (χ4n) is 2.66. The minimum absolute atomic E-state index is 0.187. The SMILES string of the molecule is CC(C)CNC(=O)[C@@H](C)N(Cc1ccccc1Cl)C(=O)COc1ccc(Br)cc1Cl. The van der Waals surface area contributed by atoms with Crippen LogP contribution < -0.4 is 10.1 Å². The zero-order valence-electron chi connectivity index (χ0n) is 17.1. The number of carbonyl (C=O) groups excluding carboxylic acids is 2. The van der Waals surface area contributed by atoms with Gasteiger partial charge in [-0.3, -0.25) is 9.59 Å². The van der Waals surface area contributed by atoms with Crippen LogP contribution in [0.1, 0.15) is 26.3 Å². The van der Waals surface area contributed by atoms with Crippen molar-refractivity contribution < 1.29 is 14.3 Å². The van der Waals surface area contributed by atoms with Crippen LogP contribution in [0.3, 0.4) is 0 Å². The molecule has 0 saturated heterocycles. The first kappa shape index (κ1) is 24.5. The number of nitrogens with one attached hydrogen (secondary N) is 1. The molecule has 0 aliphatic heterocycles. The van der Waals surface area contributed by atoms with Crippen molar-refractivity contribution >= 4 is 50.9 Å². The summed E-state index contributed by atoms with van der Waals surface area (Å²) in [6.45, 7) is 6.17. The van der Waals surface area contributed by atoms with Crippen LogP contribution in [0.5, 0.6) is 5.75 Å². The van der Waals surface area contributed by atoms with E-state index in [9.17, 15) is 9.59 Å². The standard InChI is InChI=1S/C22H25BrCl2N2O3/c1-14(2)11-26-22(29)15(3)27(12-16-6-4-5-7-18(16)24)21(28)13-30-20-9-8-17(23)10-19(20)25/h4-10,14-15H,11-13H2,1-3H3,(H,26,29)/t15-/m1/s1. The minimum atomic E-state index is -0.698. The van der Waals surface area contributed by atoms with Crippen molar-refractivity contribution in [3.63, 3.8) is 0 Å². The molecule has 30 heavy (non-hydrogen) atoms. The van der Waals surface area contributed by atoms with Crippen molar-refractivity contribution in [1.29, 1.82) is 0 Å². The molecular weight excluding hydrogens is 491 g/mol. The summed E-state index contributed by atoms with van der Waals surface area (Å²) in [6.07, 6.45) is 0. The third-order valence-electron chi connectivity index (χ3n) is 4.40. The summed E-state index contributed by atoms with van der Waals surface area (Å²) in [5, 5.41) is 3.79. The summed E-state index contributed by atoms with van der Waals surface area (Å²) >= 11 is 15.8. The summed E-state index contributed by atoms with van der Waals surface area (Å²) in [4.78, 5) is 27.1. The molecule has 0 radical (unpaired) electrons. The average molecular weight is 516 g/mol. The van der Waals surface area contributed by atoms with Crippen LogP contribution in [0.15, 0.2) is 46.9 Å². The Bertz CT molecular complexity index is 892. The molecule has 0 bridgehead atoms. The number of hydrogen-bond donors (Lipinski definition) is 1. The largest absolute Gasteiger partial charge is 0.482 e. The molecule has 5 nitrogen and oxygen atoms in total. The molecule has 2 aromatic carbocycles. The van der Waals surface area contributed by atoms with Crippen molar-refractivity contribution in [1.82, 2.24) is 10.2 Å². The van der Waals surface area contributed by atoms with E-state index in [4.69, 9.17) is 27.9 Å². The topological polar surface area (TPSA) is 58.6 Å². The average Bonchev–Trinajstić information content (AvgIpc) is 2.70. The number of nitrogens with zero attached hydrogens (tertiary/aromatic N) is 1. The Morgan fingerprint density at radius 1 is 1.10 bits per heavy atom. The van der Waals surface area contributed by atoms with Gasteiger partial charge in [0.1, 0.15) is 11.8 Å². The second-order valence-electron chi connectivity index (χ2n) is 7.29. The zero-order valence-corrected chi connectivity index (χ0v) is 20.2. The molecule has 2 aromatic rings. The van der Waals surface area contributed by atoms with Gasteiger partial charge in [-0.1, -0.05) is 71.2 Å². The van der Waals surface area contributed by atoms with Gasteiger partial charge in [-0.15, -0.1) is 0 Å². The van der Waals surface area contributed by atoms with Crippen molar-refractivity contribution in [3.05, 3.63) is 62.5 Å². The first-order valence-corrected chi connectivity index (χ1v) is 11.1. The van der Waals surface area contributed by atoms with Gasteiger partial charge in [0, 0.05) is 22.6 Å². The Hall–Kier alpha value is -1.76. The van der Waals surface area contributed by atoms with Gasteiger partial charge in [0.05, 0.1) is 5.02 Å². The van der Waals surface area contributed by atoms with E-state index in [1.165, 1.54) is 4.90 Å². The van der Waals surface area contributed by atoms with Gasteiger partial charge in [0.15, 0.2) is 6.61 Å². The molecule has 0 spiro atoms. The van der Waals surface area contributed by atoms with Crippen molar-refractivity contribution in [3.8, 4) is 5.75 Å². The van der Waals surface area contributed by atoms with Gasteiger partial charge in [-0.2, -0.15) is 0 Å². The van der Waals surface area contributed by atoms with Gasteiger partial charge >= 0.3 is 0 Å². The molecule has 1 atom stereocenters. The molecule has 0 aliphatic rings. The molecule has 2 rings (SSSR count). The fourth-order valence-corrected chi connectivity index (χ4v) is 3.58. The number of amides is 2. The van der Waals surface area contributed by atoms with Gasteiger partial charge in [0.25, 0.3) is 5.91 Å². The molecule has 0 aromatic heterocycles. The number of halogens is 3. The maximum absolute atomic E-state index is 13.0. The van der Waals surface area contributed by atoms with E-state index in [1.54, 1.807) is 31.2 Å². The highest BCUT2D eigenvalue weighted by Crippen LogP contribution is 2.28. The Morgan fingerprint density at radius 2 is 1.80 bits per heavy atom. The van der Waals surface area contributed by atoms with Gasteiger partial charge < -0.3 is 15.0 Å². The molecule has 0 unspecified atom stereocenters. The van der Waals surface area contributed by atoms with Crippen LogP contribution in [0.4, 0.5) is 0 Å². The highest BCUT2D eigenvalue weighted by Gasteiger charge is 2.27. The summed E-state index contributed by atoms with van der Waals surface area (Å²) in [6, 6.07) is 11.7. The second kappa shape index (κ2) is 11.6. The van der Waals surface area contributed by atoms with E-state index in [1.807, 2.05) is 32.0 Å². The van der Waals surface area contributed by atoms with Crippen LogP contribution in [-0.2, 0) is 16.1 Å². The molecule has 8 heteroatoms. The van der Waals surface area contributed by atoms with Gasteiger partial charge in [-0.25, -0.2) is 0 Å². The number of rotatable bonds is 9.